The van der Waals surface area contributed by atoms with Crippen LogP contribution in [0, 0.1) is 0 Å². The Hall–Kier alpha value is -1.77. The van der Waals surface area contributed by atoms with Crippen molar-refractivity contribution in [3.05, 3.63) is 48.0 Å². The van der Waals surface area contributed by atoms with Crippen LogP contribution in [0.5, 0.6) is 0 Å². The van der Waals surface area contributed by atoms with Crippen molar-refractivity contribution in [3.63, 3.8) is 0 Å². The van der Waals surface area contributed by atoms with Gasteiger partial charge in [-0.1, -0.05) is 26.0 Å². The molecule has 2 N–H and O–H groups in total. The first-order valence-electron chi connectivity index (χ1n) is 5.57. The molecule has 84 valence electrons. The molecule has 0 aliphatic rings. The molecule has 3 nitrogen and oxygen atoms in total. The molecule has 0 aliphatic heterocycles. The summed E-state index contributed by atoms with van der Waals surface area (Å²) < 4.78 is 0. The molecule has 0 spiro atoms. The lowest BCUT2D eigenvalue weighted by atomic mass is 10.0. The first kappa shape index (κ1) is 10.7. The largest absolute Gasteiger partial charge is 0.379 e. The van der Waals surface area contributed by atoms with E-state index < -0.39 is 0 Å². The number of hydrogen-bond acceptors (Lipinski definition) is 2. The molecule has 2 rings (SSSR count). The average Bonchev–Trinajstić information content (AvgIpc) is 2.79. The Labute approximate surface area is 95.9 Å². The molecular formula is C13H17N3. The number of hydrogen-bond donors (Lipinski definition) is 2. The van der Waals surface area contributed by atoms with Gasteiger partial charge in [0.2, 0.25) is 0 Å². The Morgan fingerprint density at radius 2 is 2.25 bits per heavy atom. The zero-order valence-corrected chi connectivity index (χ0v) is 9.70. The Kier molecular flexibility index (Phi) is 3.25. The lowest BCUT2D eigenvalue weighted by Gasteiger charge is -2.09. The molecule has 0 unspecified atom stereocenters. The zero-order chi connectivity index (χ0) is 11.4. The second kappa shape index (κ2) is 4.84. The molecule has 16 heavy (non-hydrogen) atoms. The fraction of sp³-hybridized carbons (Fsp3) is 0.308. The lowest BCUT2D eigenvalue weighted by molar-refractivity contribution is 0.866. The molecule has 0 fully saturated rings. The van der Waals surface area contributed by atoms with Crippen LogP contribution >= 0.6 is 0 Å². The van der Waals surface area contributed by atoms with E-state index in [0.29, 0.717) is 5.92 Å². The zero-order valence-electron chi connectivity index (χ0n) is 9.70. The first-order chi connectivity index (χ1) is 7.75. The van der Waals surface area contributed by atoms with Crippen molar-refractivity contribution in [2.45, 2.75) is 26.3 Å². The summed E-state index contributed by atoms with van der Waals surface area (Å²) in [6.07, 6.45) is 3.53. The van der Waals surface area contributed by atoms with Crippen LogP contribution < -0.4 is 5.32 Å². The van der Waals surface area contributed by atoms with E-state index in [2.05, 4.69) is 53.4 Å². The molecule has 0 saturated carbocycles. The van der Waals surface area contributed by atoms with Gasteiger partial charge < -0.3 is 10.3 Å². The topological polar surface area (TPSA) is 40.7 Å². The number of H-pyrrole nitrogens is 1. The highest BCUT2D eigenvalue weighted by Gasteiger charge is 2.00. The van der Waals surface area contributed by atoms with E-state index >= 15 is 0 Å². The monoisotopic (exact) mass is 215 g/mol. The summed E-state index contributed by atoms with van der Waals surface area (Å²) in [5.74, 6) is 0.564. The molecule has 3 heteroatoms. The Bertz CT molecular complexity index is 432. The molecule has 0 saturated heterocycles. The van der Waals surface area contributed by atoms with E-state index in [9.17, 15) is 0 Å². The minimum atomic E-state index is 0.564. The van der Waals surface area contributed by atoms with Crippen LogP contribution in [0.1, 0.15) is 31.0 Å². The van der Waals surface area contributed by atoms with Crippen molar-refractivity contribution in [1.29, 1.82) is 0 Å². The average molecular weight is 215 g/mol. The Morgan fingerprint density at radius 1 is 1.38 bits per heavy atom. The summed E-state index contributed by atoms with van der Waals surface area (Å²) in [6, 6.07) is 8.53. The van der Waals surface area contributed by atoms with Crippen molar-refractivity contribution in [2.75, 3.05) is 5.32 Å². The number of nitrogens with one attached hydrogen (secondary N) is 2. The Morgan fingerprint density at radius 3 is 2.94 bits per heavy atom. The third-order valence-electron chi connectivity index (χ3n) is 2.59. The predicted molar refractivity (Wildman–Crippen MR) is 66.4 cm³/mol. The number of aromatic nitrogens is 2. The van der Waals surface area contributed by atoms with Crippen molar-refractivity contribution in [1.82, 2.24) is 9.97 Å². The summed E-state index contributed by atoms with van der Waals surface area (Å²) in [6.45, 7) is 5.18. The van der Waals surface area contributed by atoms with Crippen molar-refractivity contribution >= 4 is 5.69 Å². The van der Waals surface area contributed by atoms with Crippen LogP contribution in [0.4, 0.5) is 5.69 Å². The third-order valence-corrected chi connectivity index (χ3v) is 2.59. The van der Waals surface area contributed by atoms with Gasteiger partial charge in [0.25, 0.3) is 0 Å². The highest BCUT2D eigenvalue weighted by atomic mass is 14.9. The fourth-order valence-corrected chi connectivity index (χ4v) is 1.59. The highest BCUT2D eigenvalue weighted by Crippen LogP contribution is 2.18. The van der Waals surface area contributed by atoms with E-state index in [-0.39, 0.29) is 0 Å². The Balaban J connectivity index is 2.01. The molecule has 0 bridgehead atoms. The first-order valence-corrected chi connectivity index (χ1v) is 5.57. The molecule has 0 atom stereocenters. The van der Waals surface area contributed by atoms with Crippen LogP contribution in [0.2, 0.25) is 0 Å². The molecule has 2 aromatic rings. The van der Waals surface area contributed by atoms with Gasteiger partial charge in [-0.3, -0.25) is 0 Å². The highest BCUT2D eigenvalue weighted by molar-refractivity contribution is 5.46. The quantitative estimate of drug-likeness (QED) is 0.822. The van der Waals surface area contributed by atoms with Gasteiger partial charge in [0.15, 0.2) is 0 Å². The van der Waals surface area contributed by atoms with Gasteiger partial charge in [0.05, 0.1) is 18.6 Å². The van der Waals surface area contributed by atoms with Crippen molar-refractivity contribution in [3.8, 4) is 0 Å². The number of rotatable bonds is 4. The van der Waals surface area contributed by atoms with E-state index in [1.165, 1.54) is 5.56 Å². The van der Waals surface area contributed by atoms with Gasteiger partial charge in [-0.2, -0.15) is 0 Å². The lowest BCUT2D eigenvalue weighted by Crippen LogP contribution is -2.00. The number of aromatic amines is 1. The van der Waals surface area contributed by atoms with Gasteiger partial charge in [-0.05, 0) is 23.6 Å². The van der Waals surface area contributed by atoms with Gasteiger partial charge in [-0.15, -0.1) is 0 Å². The maximum absolute atomic E-state index is 3.98. The summed E-state index contributed by atoms with van der Waals surface area (Å²) in [7, 11) is 0. The molecule has 1 aromatic heterocycles. The number of imidazole rings is 1. The van der Waals surface area contributed by atoms with Crippen LogP contribution in [-0.4, -0.2) is 9.97 Å². The fourth-order valence-electron chi connectivity index (χ4n) is 1.59. The van der Waals surface area contributed by atoms with Gasteiger partial charge in [-0.25, -0.2) is 4.98 Å². The van der Waals surface area contributed by atoms with Gasteiger partial charge in [0, 0.05) is 11.9 Å². The summed E-state index contributed by atoms with van der Waals surface area (Å²) in [5.41, 5.74) is 3.60. The van der Waals surface area contributed by atoms with E-state index in [0.717, 1.165) is 17.9 Å². The normalized spacial score (nSPS) is 10.7. The van der Waals surface area contributed by atoms with E-state index in [4.69, 9.17) is 0 Å². The van der Waals surface area contributed by atoms with Crippen LogP contribution in [0.15, 0.2) is 36.8 Å². The maximum Gasteiger partial charge on any atom is 0.0922 e. The number of anilines is 1. The van der Waals surface area contributed by atoms with Crippen molar-refractivity contribution < 1.29 is 0 Å². The molecule has 0 amide bonds. The summed E-state index contributed by atoms with van der Waals surface area (Å²) >= 11 is 0. The third kappa shape index (κ3) is 2.63. The standard InChI is InChI=1S/C13H17N3/c1-10(2)11-4-3-5-12(6-11)15-8-13-7-14-9-16-13/h3-7,9-10,15H,8H2,1-2H3,(H,14,16). The number of nitrogens with zero attached hydrogens (tertiary/aromatic N) is 1. The van der Waals surface area contributed by atoms with E-state index in [1.807, 2.05) is 6.20 Å². The molecule has 1 aromatic carbocycles. The summed E-state index contributed by atoms with van der Waals surface area (Å²) in [4.78, 5) is 7.06. The van der Waals surface area contributed by atoms with E-state index in [1.54, 1.807) is 6.33 Å². The minimum absolute atomic E-state index is 0.564. The van der Waals surface area contributed by atoms with Crippen LogP contribution in [0.3, 0.4) is 0 Å². The smallest absolute Gasteiger partial charge is 0.0922 e. The van der Waals surface area contributed by atoms with Crippen LogP contribution in [0.25, 0.3) is 0 Å². The second-order valence-electron chi connectivity index (χ2n) is 4.21. The SMILES string of the molecule is CC(C)c1cccc(NCc2cnc[nH]2)c1. The second-order valence-corrected chi connectivity index (χ2v) is 4.21. The summed E-state index contributed by atoms with van der Waals surface area (Å²) in [5, 5.41) is 3.37. The maximum atomic E-state index is 3.98. The number of benzene rings is 1. The molecule has 0 aliphatic carbocycles. The van der Waals surface area contributed by atoms with Crippen LogP contribution in [-0.2, 0) is 6.54 Å². The van der Waals surface area contributed by atoms with Gasteiger partial charge in [0.1, 0.15) is 0 Å². The van der Waals surface area contributed by atoms with Gasteiger partial charge >= 0.3 is 0 Å². The molecule has 1 heterocycles. The van der Waals surface area contributed by atoms with Crippen molar-refractivity contribution in [2.24, 2.45) is 0 Å². The minimum Gasteiger partial charge on any atom is -0.379 e. The molecule has 0 radical (unpaired) electrons. The molecular weight excluding hydrogens is 198 g/mol. The predicted octanol–water partition coefficient (Wildman–Crippen LogP) is 3.15.